The molecule has 0 fully saturated rings. The maximum atomic E-state index is 12.9. The topological polar surface area (TPSA) is 182 Å². The number of ether oxygens (including phenoxy) is 2. The lowest BCUT2D eigenvalue weighted by molar-refractivity contribution is -0.130. The summed E-state index contributed by atoms with van der Waals surface area (Å²) in [4.78, 5) is 38.1. The minimum atomic E-state index is -0.722. The molecule has 43 heavy (non-hydrogen) atoms. The number of rotatable bonds is 25. The Hall–Kier alpha value is -1.83. The van der Waals surface area contributed by atoms with Crippen LogP contribution < -0.4 is 38.1 Å². The van der Waals surface area contributed by atoms with Gasteiger partial charge in [-0.2, -0.15) is 0 Å². The first-order chi connectivity index (χ1) is 20.2. The van der Waals surface area contributed by atoms with Gasteiger partial charge in [-0.25, -0.2) is 0 Å². The zero-order chi connectivity index (χ0) is 32.7. The van der Waals surface area contributed by atoms with Crippen LogP contribution in [0.5, 0.6) is 0 Å². The first-order valence-electron chi connectivity index (χ1n) is 16.1. The highest BCUT2D eigenvalue weighted by Crippen LogP contribution is 2.06. The third kappa shape index (κ3) is 25.2. The molecule has 254 valence electrons. The molecule has 0 aromatic heterocycles. The van der Waals surface area contributed by atoms with Crippen LogP contribution >= 0.6 is 0 Å². The summed E-state index contributed by atoms with van der Waals surface area (Å²) in [5, 5.41) is 15.4. The molecule has 3 amide bonds. The second-order valence-electron chi connectivity index (χ2n) is 13.3. The number of amides is 3. The predicted molar refractivity (Wildman–Crippen MR) is 174 cm³/mol. The molecule has 0 heterocycles. The predicted octanol–water partition coefficient (Wildman–Crippen LogP) is 1.31. The standard InChI is InChI=1S/C31H65N7O5/c1-30(2,3)36-18-12-8-14-24(32)27(39)34-17-11-10-16-26(29(41)35-20-21-43-23-22-42-7)38-28(40)25(33)15-9-13-19-37-31(4,5)6/h24-26,36-37H,8-23,32-33H2,1-7H3,(H,34,39)(H,35,41)(H,38,40). The highest BCUT2D eigenvalue weighted by atomic mass is 16.5. The third-order valence-electron chi connectivity index (χ3n) is 6.70. The van der Waals surface area contributed by atoms with Gasteiger partial charge in [-0.15, -0.1) is 0 Å². The number of hydrogen-bond donors (Lipinski definition) is 7. The SMILES string of the molecule is COCCOCCNC(=O)C(CCCCNC(=O)C(N)CCCCNC(C)(C)C)NC(=O)C(N)CCCCNC(C)(C)C. The number of nitrogens with one attached hydrogen (secondary N) is 5. The summed E-state index contributed by atoms with van der Waals surface area (Å²) < 4.78 is 10.4. The summed E-state index contributed by atoms with van der Waals surface area (Å²) in [6, 6.07) is -1.95. The van der Waals surface area contributed by atoms with Crippen LogP contribution in [0.15, 0.2) is 0 Å². The Bertz CT molecular complexity index is 756. The lowest BCUT2D eigenvalue weighted by atomic mass is 10.1. The van der Waals surface area contributed by atoms with E-state index in [1.807, 2.05) is 0 Å². The Morgan fingerprint density at radius 3 is 1.63 bits per heavy atom. The maximum absolute atomic E-state index is 12.9. The first-order valence-corrected chi connectivity index (χ1v) is 16.1. The summed E-state index contributed by atoms with van der Waals surface area (Å²) in [5.74, 6) is -0.780. The molecule has 0 saturated carbocycles. The molecule has 0 spiro atoms. The molecule has 0 aromatic carbocycles. The van der Waals surface area contributed by atoms with Crippen molar-refractivity contribution >= 4 is 17.7 Å². The first kappa shape index (κ1) is 41.2. The smallest absolute Gasteiger partial charge is 0.242 e. The molecule has 0 aliphatic heterocycles. The Morgan fingerprint density at radius 2 is 1.09 bits per heavy atom. The molecule has 0 saturated heterocycles. The van der Waals surface area contributed by atoms with Gasteiger partial charge in [0.05, 0.1) is 31.9 Å². The maximum Gasteiger partial charge on any atom is 0.242 e. The molecular formula is C31H65N7O5. The van der Waals surface area contributed by atoms with E-state index in [-0.39, 0.29) is 28.8 Å². The van der Waals surface area contributed by atoms with Gasteiger partial charge in [0.1, 0.15) is 6.04 Å². The summed E-state index contributed by atoms with van der Waals surface area (Å²) in [6.07, 6.45) is 6.44. The van der Waals surface area contributed by atoms with Crippen molar-refractivity contribution in [3.05, 3.63) is 0 Å². The van der Waals surface area contributed by atoms with E-state index in [1.165, 1.54) is 0 Å². The van der Waals surface area contributed by atoms with Gasteiger partial charge in [0.25, 0.3) is 0 Å². The van der Waals surface area contributed by atoms with Crippen LogP contribution in [-0.4, -0.2) is 100 Å². The van der Waals surface area contributed by atoms with Crippen LogP contribution in [0.25, 0.3) is 0 Å². The highest BCUT2D eigenvalue weighted by Gasteiger charge is 2.23. The summed E-state index contributed by atoms with van der Waals surface area (Å²) >= 11 is 0. The van der Waals surface area contributed by atoms with Crippen molar-refractivity contribution in [3.8, 4) is 0 Å². The van der Waals surface area contributed by atoms with Gasteiger partial charge >= 0.3 is 0 Å². The summed E-state index contributed by atoms with van der Waals surface area (Å²) in [7, 11) is 1.60. The van der Waals surface area contributed by atoms with Crippen molar-refractivity contribution in [2.24, 2.45) is 11.5 Å². The molecule has 12 nitrogen and oxygen atoms in total. The molecule has 3 unspecified atom stereocenters. The number of unbranched alkanes of at least 4 members (excludes halogenated alkanes) is 3. The van der Waals surface area contributed by atoms with Gasteiger partial charge in [0, 0.05) is 31.3 Å². The van der Waals surface area contributed by atoms with E-state index in [4.69, 9.17) is 20.9 Å². The van der Waals surface area contributed by atoms with E-state index in [9.17, 15) is 14.4 Å². The Kier molecular flexibility index (Phi) is 22.5. The van der Waals surface area contributed by atoms with Gasteiger partial charge in [0.2, 0.25) is 17.7 Å². The van der Waals surface area contributed by atoms with Gasteiger partial charge in [-0.05, 0) is 99.6 Å². The van der Waals surface area contributed by atoms with Crippen molar-refractivity contribution in [1.82, 2.24) is 26.6 Å². The second kappa shape index (κ2) is 23.5. The van der Waals surface area contributed by atoms with Crippen LogP contribution in [0, 0.1) is 0 Å². The van der Waals surface area contributed by atoms with Crippen molar-refractivity contribution in [2.75, 3.05) is 53.1 Å². The number of hydrogen-bond acceptors (Lipinski definition) is 9. The molecule has 0 bridgehead atoms. The minimum absolute atomic E-state index is 0.0490. The lowest BCUT2D eigenvalue weighted by Crippen LogP contribution is -2.52. The number of carbonyl (C=O) groups is 3. The fraction of sp³-hybridized carbons (Fsp3) is 0.903. The zero-order valence-electron chi connectivity index (χ0n) is 28.2. The van der Waals surface area contributed by atoms with Crippen LogP contribution in [0.4, 0.5) is 0 Å². The molecule has 12 heteroatoms. The van der Waals surface area contributed by atoms with Crippen molar-refractivity contribution in [2.45, 2.75) is 129 Å². The quantitative estimate of drug-likeness (QED) is 0.0745. The summed E-state index contributed by atoms with van der Waals surface area (Å²) in [5.41, 5.74) is 12.3. The molecule has 0 aromatic rings. The van der Waals surface area contributed by atoms with Crippen molar-refractivity contribution in [3.63, 3.8) is 0 Å². The van der Waals surface area contributed by atoms with Gasteiger partial charge in [-0.1, -0.05) is 12.8 Å². The van der Waals surface area contributed by atoms with E-state index in [0.29, 0.717) is 65.0 Å². The molecule has 0 aliphatic rings. The van der Waals surface area contributed by atoms with Gasteiger partial charge < -0.3 is 47.5 Å². The van der Waals surface area contributed by atoms with Crippen LogP contribution in [0.2, 0.25) is 0 Å². The van der Waals surface area contributed by atoms with Gasteiger partial charge in [0.15, 0.2) is 0 Å². The van der Waals surface area contributed by atoms with Crippen LogP contribution in [0.1, 0.15) is 99.3 Å². The number of nitrogens with two attached hydrogens (primary N) is 2. The largest absolute Gasteiger partial charge is 0.382 e. The van der Waals surface area contributed by atoms with E-state index in [2.05, 4.69) is 68.1 Å². The normalized spacial score (nSPS) is 14.2. The van der Waals surface area contributed by atoms with E-state index in [1.54, 1.807) is 7.11 Å². The van der Waals surface area contributed by atoms with E-state index < -0.39 is 18.1 Å². The average Bonchev–Trinajstić information content (AvgIpc) is 2.91. The Morgan fingerprint density at radius 1 is 0.605 bits per heavy atom. The minimum Gasteiger partial charge on any atom is -0.382 e. The zero-order valence-corrected chi connectivity index (χ0v) is 28.2. The lowest BCUT2D eigenvalue weighted by Gasteiger charge is -2.22. The summed E-state index contributed by atoms with van der Waals surface area (Å²) in [6.45, 7) is 16.5. The molecule has 3 atom stereocenters. The van der Waals surface area contributed by atoms with E-state index in [0.717, 1.165) is 38.8 Å². The van der Waals surface area contributed by atoms with Gasteiger partial charge in [-0.3, -0.25) is 14.4 Å². The third-order valence-corrected chi connectivity index (χ3v) is 6.70. The highest BCUT2D eigenvalue weighted by molar-refractivity contribution is 5.89. The second-order valence-corrected chi connectivity index (χ2v) is 13.3. The molecule has 0 radical (unpaired) electrons. The monoisotopic (exact) mass is 616 g/mol. The fourth-order valence-corrected chi connectivity index (χ4v) is 4.15. The molecule has 0 rings (SSSR count). The number of carbonyl (C=O) groups excluding carboxylic acids is 3. The fourth-order valence-electron chi connectivity index (χ4n) is 4.15. The van der Waals surface area contributed by atoms with Crippen LogP contribution in [-0.2, 0) is 23.9 Å². The van der Waals surface area contributed by atoms with E-state index >= 15 is 0 Å². The number of methoxy groups -OCH3 is 1. The van der Waals surface area contributed by atoms with Crippen molar-refractivity contribution < 1.29 is 23.9 Å². The van der Waals surface area contributed by atoms with Crippen LogP contribution in [0.3, 0.4) is 0 Å². The van der Waals surface area contributed by atoms with Crippen molar-refractivity contribution in [1.29, 1.82) is 0 Å². The molecular weight excluding hydrogens is 550 g/mol. The Balaban J connectivity index is 4.59. The average molecular weight is 616 g/mol. The Labute approximate surface area is 261 Å². The molecule has 9 N–H and O–H groups in total. The molecule has 0 aliphatic carbocycles.